The van der Waals surface area contributed by atoms with E-state index < -0.39 is 4.92 Å². The minimum Gasteiger partial charge on any atom is -0.258 e. The van der Waals surface area contributed by atoms with Gasteiger partial charge < -0.3 is 0 Å². The average Bonchev–Trinajstić information content (AvgIpc) is 3.03. The van der Waals surface area contributed by atoms with Crippen molar-refractivity contribution in [2.75, 3.05) is 0 Å². The summed E-state index contributed by atoms with van der Waals surface area (Å²) >= 11 is 12.7. The summed E-state index contributed by atoms with van der Waals surface area (Å²) in [5.41, 5.74) is 1.96. The Bertz CT molecular complexity index is 957. The lowest BCUT2D eigenvalue weighted by atomic mass is 9.96. The van der Waals surface area contributed by atoms with E-state index in [2.05, 4.69) is 28.9 Å². The van der Waals surface area contributed by atoms with Gasteiger partial charge in [-0.25, -0.2) is 4.52 Å². The molecule has 0 saturated carbocycles. The molecule has 0 amide bonds. The normalized spacial score (nSPS) is 12.5. The van der Waals surface area contributed by atoms with Gasteiger partial charge in [-0.1, -0.05) is 43.5 Å². The first-order chi connectivity index (χ1) is 11.9. The average molecular weight is 380 g/mol. The third-order valence-electron chi connectivity index (χ3n) is 4.15. The highest BCUT2D eigenvalue weighted by molar-refractivity contribution is 6.36. The number of rotatable bonds is 5. The molecule has 0 bridgehead atoms. The largest absolute Gasteiger partial charge is 0.270 e. The summed E-state index contributed by atoms with van der Waals surface area (Å²) in [4.78, 5) is 18.8. The van der Waals surface area contributed by atoms with Gasteiger partial charge in [-0.3, -0.25) is 10.1 Å². The summed E-state index contributed by atoms with van der Waals surface area (Å²) in [6.45, 7) is 4.23. The van der Waals surface area contributed by atoms with Crippen molar-refractivity contribution < 1.29 is 4.92 Å². The van der Waals surface area contributed by atoms with Gasteiger partial charge >= 0.3 is 0 Å². The number of benzene rings is 1. The molecule has 2 aromatic heterocycles. The molecule has 9 heteroatoms. The number of nitro benzene ring substituents is 1. The smallest absolute Gasteiger partial charge is 0.258 e. The van der Waals surface area contributed by atoms with Crippen LogP contribution in [-0.4, -0.2) is 24.5 Å². The lowest BCUT2D eigenvalue weighted by Crippen LogP contribution is -2.09. The van der Waals surface area contributed by atoms with Crippen LogP contribution in [0.2, 0.25) is 10.2 Å². The molecule has 0 aliphatic carbocycles. The quantitative estimate of drug-likeness (QED) is 0.367. The van der Waals surface area contributed by atoms with Crippen LogP contribution in [0.1, 0.15) is 26.0 Å². The van der Waals surface area contributed by atoms with E-state index in [4.69, 9.17) is 23.2 Å². The van der Waals surface area contributed by atoms with Crippen LogP contribution in [0.5, 0.6) is 0 Å². The number of nitrogens with zero attached hydrogens (tertiary/aromatic N) is 5. The second-order valence-corrected chi connectivity index (χ2v) is 6.60. The summed E-state index contributed by atoms with van der Waals surface area (Å²) in [5.74, 6) is 0.784. The number of non-ortho nitro benzene ring substituents is 1. The lowest BCUT2D eigenvalue weighted by molar-refractivity contribution is -0.384. The first kappa shape index (κ1) is 17.6. The molecule has 3 rings (SSSR count). The van der Waals surface area contributed by atoms with Gasteiger partial charge in [0.25, 0.3) is 11.5 Å². The molecule has 2 heterocycles. The van der Waals surface area contributed by atoms with Crippen molar-refractivity contribution in [1.82, 2.24) is 19.6 Å². The molecule has 130 valence electrons. The zero-order valence-electron chi connectivity index (χ0n) is 13.6. The number of aromatic nitrogens is 4. The molecule has 0 N–H and O–H groups in total. The van der Waals surface area contributed by atoms with Gasteiger partial charge in [-0.2, -0.15) is 15.1 Å². The molecule has 1 aromatic carbocycles. The molecule has 0 saturated heterocycles. The van der Waals surface area contributed by atoms with Crippen LogP contribution >= 0.6 is 23.2 Å². The molecule has 25 heavy (non-hydrogen) atoms. The SMILES string of the molecule is CCC(C)Cc1c(-c2ccc([N+](=O)[O-])cc2Cl)c(Cl)nc2ncnn12. The zero-order chi connectivity index (χ0) is 18.1. The van der Waals surface area contributed by atoms with E-state index in [1.54, 1.807) is 10.6 Å². The van der Waals surface area contributed by atoms with E-state index >= 15 is 0 Å². The van der Waals surface area contributed by atoms with Crippen molar-refractivity contribution in [3.63, 3.8) is 0 Å². The fourth-order valence-corrected chi connectivity index (χ4v) is 3.18. The van der Waals surface area contributed by atoms with E-state index in [0.29, 0.717) is 29.2 Å². The van der Waals surface area contributed by atoms with Crippen molar-refractivity contribution in [1.29, 1.82) is 0 Å². The first-order valence-corrected chi connectivity index (χ1v) is 8.50. The summed E-state index contributed by atoms with van der Waals surface area (Å²) in [7, 11) is 0. The zero-order valence-corrected chi connectivity index (χ0v) is 15.1. The fourth-order valence-electron chi connectivity index (χ4n) is 2.62. The van der Waals surface area contributed by atoms with Gasteiger partial charge in [0.05, 0.1) is 15.6 Å². The Labute approximate surface area is 153 Å². The number of fused-ring (bicyclic) bond motifs is 1. The maximum absolute atomic E-state index is 10.9. The molecule has 0 aliphatic rings. The van der Waals surface area contributed by atoms with E-state index in [1.807, 2.05) is 0 Å². The maximum atomic E-state index is 10.9. The van der Waals surface area contributed by atoms with Crippen LogP contribution in [0.25, 0.3) is 16.9 Å². The molecule has 0 aliphatic heterocycles. The molecule has 0 spiro atoms. The highest BCUT2D eigenvalue weighted by Crippen LogP contribution is 2.38. The predicted molar refractivity (Wildman–Crippen MR) is 96.1 cm³/mol. The second-order valence-electron chi connectivity index (χ2n) is 5.83. The molecule has 0 radical (unpaired) electrons. The highest BCUT2D eigenvalue weighted by Gasteiger charge is 2.22. The fraction of sp³-hybridized carbons (Fsp3) is 0.312. The molecule has 0 fully saturated rings. The minimum absolute atomic E-state index is 0.0804. The van der Waals surface area contributed by atoms with Crippen LogP contribution in [0.4, 0.5) is 5.69 Å². The topological polar surface area (TPSA) is 86.2 Å². The third kappa shape index (κ3) is 3.29. The summed E-state index contributed by atoms with van der Waals surface area (Å²) in [6, 6.07) is 4.30. The van der Waals surface area contributed by atoms with Gasteiger partial charge in [-0.05, 0) is 18.4 Å². The van der Waals surface area contributed by atoms with E-state index in [9.17, 15) is 10.1 Å². The van der Waals surface area contributed by atoms with Crippen molar-refractivity contribution in [3.05, 3.63) is 50.5 Å². The Balaban J connectivity index is 2.26. The predicted octanol–water partition coefficient (Wildman–Crippen LogP) is 4.59. The monoisotopic (exact) mass is 379 g/mol. The number of hydrogen-bond acceptors (Lipinski definition) is 5. The van der Waals surface area contributed by atoms with E-state index in [-0.39, 0.29) is 15.9 Å². The van der Waals surface area contributed by atoms with Crippen LogP contribution in [0, 0.1) is 16.0 Å². The van der Waals surface area contributed by atoms with Crippen molar-refractivity contribution in [2.45, 2.75) is 26.7 Å². The van der Waals surface area contributed by atoms with Gasteiger partial charge in [0.2, 0.25) is 0 Å². The van der Waals surface area contributed by atoms with Crippen molar-refractivity contribution in [2.24, 2.45) is 5.92 Å². The van der Waals surface area contributed by atoms with Crippen LogP contribution < -0.4 is 0 Å². The van der Waals surface area contributed by atoms with Crippen molar-refractivity contribution in [3.8, 4) is 11.1 Å². The van der Waals surface area contributed by atoms with Crippen LogP contribution in [0.3, 0.4) is 0 Å². The van der Waals surface area contributed by atoms with Gasteiger partial charge in [0, 0.05) is 23.3 Å². The Morgan fingerprint density at radius 2 is 2.12 bits per heavy atom. The van der Waals surface area contributed by atoms with Crippen LogP contribution in [-0.2, 0) is 6.42 Å². The maximum Gasteiger partial charge on any atom is 0.270 e. The number of nitro groups is 1. The molecular weight excluding hydrogens is 365 g/mol. The van der Waals surface area contributed by atoms with Crippen molar-refractivity contribution >= 4 is 34.7 Å². The standard InChI is InChI=1S/C16H15Cl2N5O2/c1-3-9(2)6-13-14(15(18)21-16-19-8-20-22(13)16)11-5-4-10(23(24)25)7-12(11)17/h4-5,7-9H,3,6H2,1-2H3. The van der Waals surface area contributed by atoms with E-state index in [1.165, 1.54) is 18.5 Å². The van der Waals surface area contributed by atoms with Crippen LogP contribution in [0.15, 0.2) is 24.5 Å². The Hall–Kier alpha value is -2.25. The summed E-state index contributed by atoms with van der Waals surface area (Å²) in [6.07, 6.45) is 3.09. The minimum atomic E-state index is -0.490. The molecule has 7 nitrogen and oxygen atoms in total. The number of hydrogen-bond donors (Lipinski definition) is 0. The highest BCUT2D eigenvalue weighted by atomic mass is 35.5. The van der Waals surface area contributed by atoms with E-state index in [0.717, 1.165) is 12.1 Å². The molecule has 3 aromatic rings. The lowest BCUT2D eigenvalue weighted by Gasteiger charge is -2.16. The summed E-state index contributed by atoms with van der Waals surface area (Å²) in [5, 5.41) is 15.7. The van der Waals surface area contributed by atoms with Gasteiger partial charge in [-0.15, -0.1) is 0 Å². The molecule has 1 unspecified atom stereocenters. The first-order valence-electron chi connectivity index (χ1n) is 7.74. The Morgan fingerprint density at radius 3 is 2.76 bits per heavy atom. The third-order valence-corrected chi connectivity index (χ3v) is 4.74. The molecule has 1 atom stereocenters. The summed E-state index contributed by atoms with van der Waals surface area (Å²) < 4.78 is 1.64. The van der Waals surface area contributed by atoms with Gasteiger partial charge in [0.15, 0.2) is 0 Å². The number of halogens is 2. The Morgan fingerprint density at radius 1 is 1.36 bits per heavy atom. The second kappa shape index (κ2) is 6.93. The van der Waals surface area contributed by atoms with Gasteiger partial charge in [0.1, 0.15) is 11.5 Å². The Kier molecular flexibility index (Phi) is 4.87. The molecular formula is C16H15Cl2N5O2.